The van der Waals surface area contributed by atoms with Crippen LogP contribution in [0.25, 0.3) is 0 Å². The van der Waals surface area contributed by atoms with Crippen molar-refractivity contribution >= 4 is 5.97 Å². The van der Waals surface area contributed by atoms with Crippen LogP contribution in [0.5, 0.6) is 17.2 Å². The van der Waals surface area contributed by atoms with Gasteiger partial charge in [-0.2, -0.15) is 0 Å². The number of para-hydroxylation sites is 1. The standard InChI is InChI=1S/C28H31NO5/c1-32-22-14-15-25(33-2)24(17-22)27(29-16-8-11-21(18-29)28(30)31)23-12-6-7-13-26(23)34-19-20-9-4-3-5-10-20/h3-7,9-10,12-15,17,21,27H,8,11,16,18-19H2,1-2H3,(H,30,31). The summed E-state index contributed by atoms with van der Waals surface area (Å²) in [5.74, 6) is 1.04. The van der Waals surface area contributed by atoms with Gasteiger partial charge in [-0.25, -0.2) is 0 Å². The molecule has 2 unspecified atom stereocenters. The lowest BCUT2D eigenvalue weighted by atomic mass is 9.90. The van der Waals surface area contributed by atoms with Crippen LogP contribution in [0.2, 0.25) is 0 Å². The molecule has 3 aromatic carbocycles. The summed E-state index contributed by atoms with van der Waals surface area (Å²) in [7, 11) is 3.29. The summed E-state index contributed by atoms with van der Waals surface area (Å²) < 4.78 is 17.6. The molecule has 0 aromatic heterocycles. The van der Waals surface area contributed by atoms with Crippen molar-refractivity contribution in [3.8, 4) is 17.2 Å². The summed E-state index contributed by atoms with van der Waals surface area (Å²) >= 11 is 0. The molecule has 0 amide bonds. The van der Waals surface area contributed by atoms with E-state index in [0.717, 1.165) is 46.9 Å². The molecule has 3 aromatic rings. The minimum Gasteiger partial charge on any atom is -0.497 e. The van der Waals surface area contributed by atoms with E-state index in [1.165, 1.54) is 0 Å². The maximum absolute atomic E-state index is 11.8. The fourth-order valence-corrected chi connectivity index (χ4v) is 4.63. The quantitative estimate of drug-likeness (QED) is 0.474. The zero-order valence-electron chi connectivity index (χ0n) is 19.6. The topological polar surface area (TPSA) is 68.2 Å². The lowest BCUT2D eigenvalue weighted by Gasteiger charge is -2.38. The van der Waals surface area contributed by atoms with Crippen molar-refractivity contribution in [2.24, 2.45) is 5.92 Å². The van der Waals surface area contributed by atoms with Crippen molar-refractivity contribution in [1.29, 1.82) is 0 Å². The minimum atomic E-state index is -0.755. The maximum Gasteiger partial charge on any atom is 0.307 e. The molecule has 1 aliphatic heterocycles. The van der Waals surface area contributed by atoms with Crippen molar-refractivity contribution in [3.05, 3.63) is 89.5 Å². The van der Waals surface area contributed by atoms with Gasteiger partial charge in [0.15, 0.2) is 0 Å². The molecule has 6 nitrogen and oxygen atoms in total. The van der Waals surface area contributed by atoms with Crippen molar-refractivity contribution in [3.63, 3.8) is 0 Å². The Hall–Kier alpha value is -3.51. The Kier molecular flexibility index (Phi) is 7.70. The van der Waals surface area contributed by atoms with E-state index >= 15 is 0 Å². The number of carbonyl (C=O) groups is 1. The van der Waals surface area contributed by atoms with E-state index in [-0.39, 0.29) is 6.04 Å². The smallest absolute Gasteiger partial charge is 0.307 e. The van der Waals surface area contributed by atoms with Gasteiger partial charge in [0.25, 0.3) is 0 Å². The molecule has 6 heteroatoms. The van der Waals surface area contributed by atoms with Gasteiger partial charge >= 0.3 is 5.97 Å². The van der Waals surface area contributed by atoms with Gasteiger partial charge in [-0.15, -0.1) is 0 Å². The Morgan fingerprint density at radius 3 is 2.47 bits per heavy atom. The lowest BCUT2D eigenvalue weighted by Crippen LogP contribution is -2.41. The number of methoxy groups -OCH3 is 2. The molecule has 0 saturated carbocycles. The maximum atomic E-state index is 11.8. The van der Waals surface area contributed by atoms with Crippen molar-refractivity contribution < 1.29 is 24.1 Å². The fourth-order valence-electron chi connectivity index (χ4n) is 4.63. The van der Waals surface area contributed by atoms with Crippen LogP contribution >= 0.6 is 0 Å². The number of carboxylic acids is 1. The number of benzene rings is 3. The summed E-state index contributed by atoms with van der Waals surface area (Å²) in [5.41, 5.74) is 2.97. The summed E-state index contributed by atoms with van der Waals surface area (Å²) in [6.07, 6.45) is 1.49. The fraction of sp³-hybridized carbons (Fsp3) is 0.321. The zero-order valence-corrected chi connectivity index (χ0v) is 19.6. The molecular weight excluding hydrogens is 430 g/mol. The van der Waals surface area contributed by atoms with E-state index in [0.29, 0.717) is 19.6 Å². The number of ether oxygens (including phenoxy) is 3. The third-order valence-corrected chi connectivity index (χ3v) is 6.35. The second-order valence-corrected chi connectivity index (χ2v) is 8.49. The molecule has 34 heavy (non-hydrogen) atoms. The highest BCUT2D eigenvalue weighted by Crippen LogP contribution is 2.42. The lowest BCUT2D eigenvalue weighted by molar-refractivity contribution is -0.143. The van der Waals surface area contributed by atoms with Gasteiger partial charge < -0.3 is 19.3 Å². The number of carboxylic acid groups (broad SMARTS) is 1. The minimum absolute atomic E-state index is 0.251. The van der Waals surface area contributed by atoms with Crippen molar-refractivity contribution in [2.45, 2.75) is 25.5 Å². The summed E-state index contributed by atoms with van der Waals surface area (Å²) in [6.45, 7) is 1.67. The average Bonchev–Trinajstić information content (AvgIpc) is 2.89. The molecule has 1 N–H and O–H groups in total. The van der Waals surface area contributed by atoms with E-state index < -0.39 is 11.9 Å². The first-order chi connectivity index (χ1) is 16.6. The number of nitrogens with zero attached hydrogens (tertiary/aromatic N) is 1. The Balaban J connectivity index is 1.77. The van der Waals surface area contributed by atoms with Gasteiger partial charge in [-0.3, -0.25) is 9.69 Å². The first-order valence-electron chi connectivity index (χ1n) is 11.5. The molecular formula is C28H31NO5. The van der Waals surface area contributed by atoms with Crippen LogP contribution in [0, 0.1) is 5.92 Å². The number of likely N-dealkylation sites (tertiary alicyclic amines) is 1. The average molecular weight is 462 g/mol. The highest BCUT2D eigenvalue weighted by Gasteiger charge is 2.34. The van der Waals surface area contributed by atoms with Gasteiger partial charge in [-0.05, 0) is 49.2 Å². The predicted octanol–water partition coefficient (Wildman–Crippen LogP) is 5.17. The van der Waals surface area contributed by atoms with Crippen LogP contribution in [0.15, 0.2) is 72.8 Å². The SMILES string of the molecule is COc1ccc(OC)c(C(c2ccccc2OCc2ccccc2)N2CCCC(C(=O)O)C2)c1. The van der Waals surface area contributed by atoms with Crippen LogP contribution in [0.3, 0.4) is 0 Å². The monoisotopic (exact) mass is 461 g/mol. The Labute approximate surface area is 200 Å². The molecule has 178 valence electrons. The van der Waals surface area contributed by atoms with Crippen LogP contribution in [0.1, 0.15) is 35.6 Å². The van der Waals surface area contributed by atoms with Crippen LogP contribution in [0.4, 0.5) is 0 Å². The van der Waals surface area contributed by atoms with Gasteiger partial charge in [0.05, 0.1) is 26.2 Å². The molecule has 2 atom stereocenters. The summed E-state index contributed by atoms with van der Waals surface area (Å²) in [6, 6.07) is 23.5. The second-order valence-electron chi connectivity index (χ2n) is 8.49. The van der Waals surface area contributed by atoms with Crippen molar-refractivity contribution in [1.82, 2.24) is 4.90 Å². The molecule has 4 rings (SSSR count). The number of hydrogen-bond acceptors (Lipinski definition) is 5. The van der Waals surface area contributed by atoms with E-state index in [1.807, 2.05) is 72.8 Å². The molecule has 0 spiro atoms. The van der Waals surface area contributed by atoms with Gasteiger partial charge in [0.1, 0.15) is 23.9 Å². The predicted molar refractivity (Wildman–Crippen MR) is 131 cm³/mol. The van der Waals surface area contributed by atoms with E-state index in [4.69, 9.17) is 14.2 Å². The summed E-state index contributed by atoms with van der Waals surface area (Å²) in [5, 5.41) is 9.73. The van der Waals surface area contributed by atoms with E-state index in [2.05, 4.69) is 4.90 Å². The van der Waals surface area contributed by atoms with Crippen molar-refractivity contribution in [2.75, 3.05) is 27.3 Å². The molecule has 1 aliphatic rings. The normalized spacial score (nSPS) is 17.1. The molecule has 1 fully saturated rings. The summed E-state index contributed by atoms with van der Waals surface area (Å²) in [4.78, 5) is 14.1. The van der Waals surface area contributed by atoms with Gasteiger partial charge in [0, 0.05) is 17.7 Å². The molecule has 0 bridgehead atoms. The molecule has 0 radical (unpaired) electrons. The number of aliphatic carboxylic acids is 1. The highest BCUT2D eigenvalue weighted by atomic mass is 16.5. The third-order valence-electron chi connectivity index (χ3n) is 6.35. The van der Waals surface area contributed by atoms with Crippen LogP contribution < -0.4 is 14.2 Å². The molecule has 1 heterocycles. The number of rotatable bonds is 9. The van der Waals surface area contributed by atoms with Crippen LogP contribution in [-0.2, 0) is 11.4 Å². The third kappa shape index (κ3) is 5.34. The second kappa shape index (κ2) is 11.1. The van der Waals surface area contributed by atoms with E-state index in [9.17, 15) is 9.90 Å². The first kappa shape index (κ1) is 23.6. The molecule has 1 saturated heterocycles. The number of hydrogen-bond donors (Lipinski definition) is 1. The Morgan fingerprint density at radius 2 is 1.74 bits per heavy atom. The van der Waals surface area contributed by atoms with E-state index in [1.54, 1.807) is 14.2 Å². The first-order valence-corrected chi connectivity index (χ1v) is 11.5. The molecule has 0 aliphatic carbocycles. The van der Waals surface area contributed by atoms with Crippen LogP contribution in [-0.4, -0.2) is 43.3 Å². The van der Waals surface area contributed by atoms with Gasteiger partial charge in [-0.1, -0.05) is 48.5 Å². The Morgan fingerprint density at radius 1 is 0.971 bits per heavy atom. The zero-order chi connectivity index (χ0) is 23.9. The van der Waals surface area contributed by atoms with Gasteiger partial charge in [0.2, 0.25) is 0 Å². The number of piperidine rings is 1. The largest absolute Gasteiger partial charge is 0.497 e. The highest BCUT2D eigenvalue weighted by molar-refractivity contribution is 5.70. The Bertz CT molecular complexity index is 1100.